The van der Waals surface area contributed by atoms with Crippen LogP contribution in [0.1, 0.15) is 5.56 Å². The summed E-state index contributed by atoms with van der Waals surface area (Å²) in [5.74, 6) is 0.962. The molecule has 5 heteroatoms. The van der Waals surface area contributed by atoms with Crippen molar-refractivity contribution in [1.29, 1.82) is 0 Å². The third kappa shape index (κ3) is 5.00. The van der Waals surface area contributed by atoms with Crippen molar-refractivity contribution < 1.29 is 9.47 Å². The molecule has 1 rings (SSSR count). The predicted octanol–water partition coefficient (Wildman–Crippen LogP) is 0.900. The fourth-order valence-corrected chi connectivity index (χ4v) is 1.66. The molecule has 0 atom stereocenters. The summed E-state index contributed by atoms with van der Waals surface area (Å²) in [4.78, 5) is 6.64. The molecule has 1 aromatic rings. The molecule has 0 bridgehead atoms. The van der Waals surface area contributed by atoms with Gasteiger partial charge in [0.05, 0.1) is 13.2 Å². The average molecular weight is 253 g/mol. The van der Waals surface area contributed by atoms with Crippen LogP contribution in [0.2, 0.25) is 0 Å². The molecule has 0 fully saturated rings. The Balaban J connectivity index is 2.64. The van der Waals surface area contributed by atoms with Gasteiger partial charge in [-0.15, -0.1) is 0 Å². The van der Waals surface area contributed by atoms with E-state index in [2.05, 4.69) is 21.3 Å². The topological polar surface area (TPSA) is 46.6 Å². The molecule has 0 aliphatic rings. The van der Waals surface area contributed by atoms with Crippen LogP contribution in [0.25, 0.3) is 0 Å². The second-order valence-electron chi connectivity index (χ2n) is 4.03. The second-order valence-corrected chi connectivity index (χ2v) is 4.03. The van der Waals surface area contributed by atoms with Gasteiger partial charge in [-0.2, -0.15) is 0 Å². The Morgan fingerprint density at radius 3 is 2.28 bits per heavy atom. The Morgan fingerprint density at radius 2 is 1.83 bits per heavy atom. The van der Waals surface area contributed by atoms with E-state index < -0.39 is 0 Å². The van der Waals surface area contributed by atoms with Crippen LogP contribution in [0, 0.1) is 0 Å². The number of hydrogen-bond acceptors (Lipinski definition) is 5. The van der Waals surface area contributed by atoms with Gasteiger partial charge < -0.3 is 19.7 Å². The Morgan fingerprint density at radius 1 is 1.17 bits per heavy atom. The van der Waals surface area contributed by atoms with Crippen molar-refractivity contribution in [2.75, 3.05) is 52.5 Å². The molecule has 0 saturated heterocycles. The molecule has 102 valence electrons. The van der Waals surface area contributed by atoms with Gasteiger partial charge in [-0.3, -0.25) is 0 Å². The molecule has 1 aromatic heterocycles. The van der Waals surface area contributed by atoms with Crippen molar-refractivity contribution >= 4 is 5.82 Å². The van der Waals surface area contributed by atoms with Gasteiger partial charge in [0.1, 0.15) is 5.82 Å². The van der Waals surface area contributed by atoms with Gasteiger partial charge in [-0.25, -0.2) is 4.98 Å². The van der Waals surface area contributed by atoms with E-state index in [1.807, 2.05) is 19.3 Å². The number of ether oxygens (including phenoxy) is 2. The summed E-state index contributed by atoms with van der Waals surface area (Å²) in [5.41, 5.74) is 1.18. The van der Waals surface area contributed by atoms with Crippen molar-refractivity contribution in [2.45, 2.75) is 6.54 Å². The number of nitrogens with one attached hydrogen (secondary N) is 1. The molecular weight excluding hydrogens is 230 g/mol. The molecule has 0 radical (unpaired) electrons. The van der Waals surface area contributed by atoms with Crippen LogP contribution in [-0.2, 0) is 16.0 Å². The van der Waals surface area contributed by atoms with Gasteiger partial charge in [0.15, 0.2) is 0 Å². The van der Waals surface area contributed by atoms with Crippen molar-refractivity contribution in [3.8, 4) is 0 Å². The summed E-state index contributed by atoms with van der Waals surface area (Å²) in [6.07, 6.45) is 1.90. The number of rotatable bonds is 9. The summed E-state index contributed by atoms with van der Waals surface area (Å²) in [6, 6.07) is 4.13. The number of hydrogen-bond donors (Lipinski definition) is 1. The highest BCUT2D eigenvalue weighted by molar-refractivity contribution is 5.39. The van der Waals surface area contributed by atoms with E-state index in [4.69, 9.17) is 9.47 Å². The highest BCUT2D eigenvalue weighted by Gasteiger charge is 2.07. The number of aromatic nitrogens is 1. The molecule has 0 saturated carbocycles. The monoisotopic (exact) mass is 253 g/mol. The SMILES string of the molecule is CNCc1ccc(N(CCOC)CCOC)nc1. The first kappa shape index (κ1) is 14.9. The zero-order chi connectivity index (χ0) is 13.2. The van der Waals surface area contributed by atoms with Crippen LogP contribution in [-0.4, -0.2) is 52.6 Å². The van der Waals surface area contributed by atoms with Crippen molar-refractivity contribution in [2.24, 2.45) is 0 Å². The number of pyridine rings is 1. The van der Waals surface area contributed by atoms with Crippen LogP contribution in [0.5, 0.6) is 0 Å². The number of anilines is 1. The van der Waals surface area contributed by atoms with E-state index in [-0.39, 0.29) is 0 Å². The molecule has 0 spiro atoms. The maximum absolute atomic E-state index is 5.12. The Hall–Kier alpha value is -1.17. The molecule has 1 N–H and O–H groups in total. The van der Waals surface area contributed by atoms with Crippen molar-refractivity contribution in [3.63, 3.8) is 0 Å². The molecule has 18 heavy (non-hydrogen) atoms. The van der Waals surface area contributed by atoms with E-state index in [9.17, 15) is 0 Å². The first-order valence-corrected chi connectivity index (χ1v) is 6.14. The van der Waals surface area contributed by atoms with E-state index in [1.54, 1.807) is 14.2 Å². The number of methoxy groups -OCH3 is 2. The third-order valence-corrected chi connectivity index (χ3v) is 2.64. The molecule has 5 nitrogen and oxygen atoms in total. The lowest BCUT2D eigenvalue weighted by molar-refractivity contribution is 0.190. The maximum atomic E-state index is 5.12. The Kier molecular flexibility index (Phi) is 7.32. The van der Waals surface area contributed by atoms with Gasteiger partial charge in [-0.1, -0.05) is 6.07 Å². The summed E-state index contributed by atoms with van der Waals surface area (Å²) in [6.45, 7) is 3.84. The highest BCUT2D eigenvalue weighted by Crippen LogP contribution is 2.11. The first-order valence-electron chi connectivity index (χ1n) is 6.14. The van der Waals surface area contributed by atoms with Gasteiger partial charge >= 0.3 is 0 Å². The normalized spacial score (nSPS) is 10.6. The fraction of sp³-hybridized carbons (Fsp3) is 0.615. The van der Waals surface area contributed by atoms with Gasteiger partial charge in [0.25, 0.3) is 0 Å². The zero-order valence-electron chi connectivity index (χ0n) is 11.5. The quantitative estimate of drug-likeness (QED) is 0.708. The molecule has 0 aromatic carbocycles. The maximum Gasteiger partial charge on any atom is 0.128 e. The molecule has 0 aliphatic carbocycles. The molecule has 1 heterocycles. The lowest BCUT2D eigenvalue weighted by Crippen LogP contribution is -2.31. The van der Waals surface area contributed by atoms with Crippen LogP contribution in [0.3, 0.4) is 0 Å². The minimum absolute atomic E-state index is 0.684. The minimum Gasteiger partial charge on any atom is -0.383 e. The van der Waals surface area contributed by atoms with E-state index >= 15 is 0 Å². The van der Waals surface area contributed by atoms with Crippen LogP contribution in [0.4, 0.5) is 5.82 Å². The van der Waals surface area contributed by atoms with Gasteiger partial charge in [-0.05, 0) is 18.7 Å². The largest absolute Gasteiger partial charge is 0.383 e. The van der Waals surface area contributed by atoms with Gasteiger partial charge in [0.2, 0.25) is 0 Å². The fourth-order valence-electron chi connectivity index (χ4n) is 1.66. The summed E-state index contributed by atoms with van der Waals surface area (Å²) in [5, 5.41) is 3.11. The van der Waals surface area contributed by atoms with Crippen LogP contribution < -0.4 is 10.2 Å². The van der Waals surface area contributed by atoms with Crippen molar-refractivity contribution in [1.82, 2.24) is 10.3 Å². The zero-order valence-corrected chi connectivity index (χ0v) is 11.5. The highest BCUT2D eigenvalue weighted by atomic mass is 16.5. The van der Waals surface area contributed by atoms with E-state index in [0.29, 0.717) is 13.2 Å². The first-order chi connectivity index (χ1) is 8.81. The van der Waals surface area contributed by atoms with Crippen LogP contribution >= 0.6 is 0 Å². The average Bonchev–Trinajstić information content (AvgIpc) is 2.41. The summed E-state index contributed by atoms with van der Waals surface area (Å²) >= 11 is 0. The number of nitrogens with zero attached hydrogens (tertiary/aromatic N) is 2. The summed E-state index contributed by atoms with van der Waals surface area (Å²) in [7, 11) is 5.34. The van der Waals surface area contributed by atoms with Gasteiger partial charge in [0, 0.05) is 40.1 Å². The smallest absolute Gasteiger partial charge is 0.128 e. The lowest BCUT2D eigenvalue weighted by atomic mass is 10.2. The summed E-state index contributed by atoms with van der Waals surface area (Å²) < 4.78 is 10.2. The second kappa shape index (κ2) is 8.85. The molecule has 0 aliphatic heterocycles. The third-order valence-electron chi connectivity index (χ3n) is 2.64. The van der Waals surface area contributed by atoms with Crippen molar-refractivity contribution in [3.05, 3.63) is 23.9 Å². The van der Waals surface area contributed by atoms with E-state index in [1.165, 1.54) is 5.56 Å². The lowest BCUT2D eigenvalue weighted by Gasteiger charge is -2.23. The van der Waals surface area contributed by atoms with Crippen LogP contribution in [0.15, 0.2) is 18.3 Å². The molecule has 0 unspecified atom stereocenters. The molecule has 0 amide bonds. The minimum atomic E-state index is 0.684. The Bertz CT molecular complexity index is 309. The van der Waals surface area contributed by atoms with E-state index in [0.717, 1.165) is 25.5 Å². The molecular formula is C13H23N3O2. The Labute approximate surface area is 109 Å². The standard InChI is InChI=1S/C13H23N3O2/c1-14-10-12-4-5-13(15-11-12)16(6-8-17-2)7-9-18-3/h4-5,11,14H,6-10H2,1-3H3. The predicted molar refractivity (Wildman–Crippen MR) is 73.0 cm³/mol.